The summed E-state index contributed by atoms with van der Waals surface area (Å²) in [5, 5.41) is 9.07. The lowest BCUT2D eigenvalue weighted by Crippen LogP contribution is -2.45. The zero-order valence-corrected chi connectivity index (χ0v) is 9.46. The summed E-state index contributed by atoms with van der Waals surface area (Å²) in [6.07, 6.45) is 4.61. The molecule has 0 radical (unpaired) electrons. The first-order valence-corrected chi connectivity index (χ1v) is 6.99. The van der Waals surface area contributed by atoms with Gasteiger partial charge in [-0.3, -0.25) is 0 Å². The average molecular weight is 234 g/mol. The van der Waals surface area contributed by atoms with Crippen molar-refractivity contribution in [3.63, 3.8) is 0 Å². The van der Waals surface area contributed by atoms with Gasteiger partial charge in [-0.05, 0) is 31.6 Å². The van der Waals surface area contributed by atoms with Gasteiger partial charge in [-0.1, -0.05) is 6.42 Å². The van der Waals surface area contributed by atoms with Crippen LogP contribution in [0.2, 0.25) is 0 Å². The summed E-state index contributed by atoms with van der Waals surface area (Å²) in [5.41, 5.74) is 0. The van der Waals surface area contributed by atoms with Gasteiger partial charge < -0.3 is 5.11 Å². The van der Waals surface area contributed by atoms with Crippen LogP contribution in [0.15, 0.2) is 0 Å². The Morgan fingerprint density at radius 2 is 1.87 bits per heavy atom. The zero-order valence-electron chi connectivity index (χ0n) is 8.65. The fraction of sp³-hybridized carbons (Fsp3) is 1.00. The highest BCUT2D eigenvalue weighted by Gasteiger charge is 2.32. The molecule has 2 saturated carbocycles. The van der Waals surface area contributed by atoms with Gasteiger partial charge in [-0.2, -0.15) is 17.9 Å². The highest BCUT2D eigenvalue weighted by atomic mass is 32.2. The molecule has 3 N–H and O–H groups in total. The molecule has 6 heteroatoms. The lowest BCUT2D eigenvalue weighted by atomic mass is 10.1. The second-order valence-corrected chi connectivity index (χ2v) is 5.97. The first-order chi connectivity index (χ1) is 7.11. The number of hydrogen-bond donors (Lipinski definition) is 3. The third kappa shape index (κ3) is 3.14. The van der Waals surface area contributed by atoms with Crippen molar-refractivity contribution in [2.24, 2.45) is 5.92 Å². The Labute approximate surface area is 90.4 Å². The molecule has 0 bridgehead atoms. The molecule has 15 heavy (non-hydrogen) atoms. The molecule has 0 saturated heterocycles. The Morgan fingerprint density at radius 1 is 1.13 bits per heavy atom. The second kappa shape index (κ2) is 4.37. The highest BCUT2D eigenvalue weighted by molar-refractivity contribution is 7.87. The van der Waals surface area contributed by atoms with E-state index in [0.717, 1.165) is 32.1 Å². The SMILES string of the molecule is O=S(=O)(NC1CC1)NC1CCCC1CO. The molecular weight excluding hydrogens is 216 g/mol. The summed E-state index contributed by atoms with van der Waals surface area (Å²) in [5.74, 6) is 0.0841. The quantitative estimate of drug-likeness (QED) is 0.613. The maximum absolute atomic E-state index is 11.6. The van der Waals surface area contributed by atoms with Crippen molar-refractivity contribution in [2.75, 3.05) is 6.61 Å². The van der Waals surface area contributed by atoms with Crippen molar-refractivity contribution in [3.05, 3.63) is 0 Å². The van der Waals surface area contributed by atoms with Crippen LogP contribution in [0.5, 0.6) is 0 Å². The minimum absolute atomic E-state index is 0.0661. The van der Waals surface area contributed by atoms with Crippen molar-refractivity contribution in [2.45, 2.75) is 44.2 Å². The van der Waals surface area contributed by atoms with Crippen LogP contribution in [0.1, 0.15) is 32.1 Å². The minimum atomic E-state index is -3.36. The fourth-order valence-electron chi connectivity index (χ4n) is 2.06. The van der Waals surface area contributed by atoms with Crippen molar-refractivity contribution in [1.29, 1.82) is 0 Å². The van der Waals surface area contributed by atoms with Crippen molar-refractivity contribution in [3.8, 4) is 0 Å². The van der Waals surface area contributed by atoms with Gasteiger partial charge in [-0.15, -0.1) is 0 Å². The predicted octanol–water partition coefficient (Wildman–Crippen LogP) is -0.266. The minimum Gasteiger partial charge on any atom is -0.396 e. The summed E-state index contributed by atoms with van der Waals surface area (Å²) in [6.45, 7) is 0.0661. The number of nitrogens with one attached hydrogen (secondary N) is 2. The van der Waals surface area contributed by atoms with E-state index in [0.29, 0.717) is 0 Å². The van der Waals surface area contributed by atoms with E-state index < -0.39 is 10.2 Å². The van der Waals surface area contributed by atoms with Crippen LogP contribution in [-0.2, 0) is 10.2 Å². The van der Waals surface area contributed by atoms with E-state index in [2.05, 4.69) is 9.44 Å². The lowest BCUT2D eigenvalue weighted by Gasteiger charge is -2.19. The van der Waals surface area contributed by atoms with Crippen LogP contribution in [0.25, 0.3) is 0 Å². The van der Waals surface area contributed by atoms with Crippen LogP contribution >= 0.6 is 0 Å². The first kappa shape index (κ1) is 11.3. The third-order valence-corrected chi connectivity index (χ3v) is 4.36. The molecule has 0 heterocycles. The van der Waals surface area contributed by atoms with Crippen molar-refractivity contribution >= 4 is 10.2 Å². The molecule has 2 aliphatic rings. The van der Waals surface area contributed by atoms with E-state index in [9.17, 15) is 8.42 Å². The average Bonchev–Trinajstić information content (AvgIpc) is 2.82. The highest BCUT2D eigenvalue weighted by Crippen LogP contribution is 2.26. The smallest absolute Gasteiger partial charge is 0.277 e. The maximum atomic E-state index is 11.6. The van der Waals surface area contributed by atoms with Crippen molar-refractivity contribution < 1.29 is 13.5 Å². The van der Waals surface area contributed by atoms with Crippen LogP contribution in [-0.4, -0.2) is 32.2 Å². The van der Waals surface area contributed by atoms with Crippen molar-refractivity contribution in [1.82, 2.24) is 9.44 Å². The molecule has 2 rings (SSSR count). The molecule has 5 nitrogen and oxygen atoms in total. The first-order valence-electron chi connectivity index (χ1n) is 5.51. The molecule has 2 unspecified atom stereocenters. The van der Waals surface area contributed by atoms with Crippen LogP contribution < -0.4 is 9.44 Å². The molecule has 0 spiro atoms. The van der Waals surface area contributed by atoms with Gasteiger partial charge in [0.2, 0.25) is 0 Å². The molecule has 88 valence electrons. The molecular formula is C9H18N2O3S. The van der Waals surface area contributed by atoms with Gasteiger partial charge >= 0.3 is 0 Å². The van der Waals surface area contributed by atoms with E-state index in [1.165, 1.54) is 0 Å². The van der Waals surface area contributed by atoms with Gasteiger partial charge in [0, 0.05) is 18.7 Å². The topological polar surface area (TPSA) is 78.4 Å². The summed E-state index contributed by atoms with van der Waals surface area (Å²) in [4.78, 5) is 0. The molecule has 0 aliphatic heterocycles. The molecule has 0 amide bonds. The van der Waals surface area contributed by atoms with E-state index in [1.54, 1.807) is 0 Å². The Balaban J connectivity index is 1.88. The van der Waals surface area contributed by atoms with Gasteiger partial charge in [-0.25, -0.2) is 0 Å². The Hall–Kier alpha value is -0.170. The van der Waals surface area contributed by atoms with Gasteiger partial charge in [0.15, 0.2) is 0 Å². The zero-order chi connectivity index (χ0) is 10.9. The van der Waals surface area contributed by atoms with Crippen LogP contribution in [0, 0.1) is 5.92 Å². The summed E-state index contributed by atoms with van der Waals surface area (Å²) in [7, 11) is -3.36. The monoisotopic (exact) mass is 234 g/mol. The van der Waals surface area contributed by atoms with Crippen LogP contribution in [0.3, 0.4) is 0 Å². The van der Waals surface area contributed by atoms with Gasteiger partial charge in [0.1, 0.15) is 0 Å². The molecule has 2 fully saturated rings. The number of aliphatic hydroxyl groups is 1. The maximum Gasteiger partial charge on any atom is 0.277 e. The summed E-state index contributed by atoms with van der Waals surface area (Å²) in [6, 6.07) is 0.0442. The third-order valence-electron chi connectivity index (χ3n) is 3.10. The number of aliphatic hydroxyl groups excluding tert-OH is 1. The number of hydrogen-bond acceptors (Lipinski definition) is 3. The normalized spacial score (nSPS) is 32.1. The molecule has 0 aromatic rings. The molecule has 2 atom stereocenters. The Bertz CT molecular complexity index is 313. The second-order valence-electron chi connectivity index (χ2n) is 4.49. The van der Waals surface area contributed by atoms with Gasteiger partial charge in [0.05, 0.1) is 0 Å². The van der Waals surface area contributed by atoms with E-state index >= 15 is 0 Å². The van der Waals surface area contributed by atoms with E-state index in [1.807, 2.05) is 0 Å². The molecule has 0 aromatic carbocycles. The standard InChI is InChI=1S/C9H18N2O3S/c12-6-7-2-1-3-9(7)11-15(13,14)10-8-4-5-8/h7-12H,1-6H2. The summed E-state index contributed by atoms with van der Waals surface area (Å²) >= 11 is 0. The lowest BCUT2D eigenvalue weighted by molar-refractivity contribution is 0.213. The van der Waals surface area contributed by atoms with Crippen LogP contribution in [0.4, 0.5) is 0 Å². The molecule has 0 aromatic heterocycles. The largest absolute Gasteiger partial charge is 0.396 e. The van der Waals surface area contributed by atoms with E-state index in [-0.39, 0.29) is 24.6 Å². The Kier molecular flexibility index (Phi) is 3.30. The predicted molar refractivity (Wildman–Crippen MR) is 56.4 cm³/mol. The number of rotatable bonds is 5. The van der Waals surface area contributed by atoms with E-state index in [4.69, 9.17) is 5.11 Å². The summed E-state index contributed by atoms with van der Waals surface area (Å²) < 4.78 is 28.4. The Morgan fingerprint density at radius 3 is 2.47 bits per heavy atom. The molecule has 2 aliphatic carbocycles. The fourth-order valence-corrected chi connectivity index (χ4v) is 3.52. The van der Waals surface area contributed by atoms with Gasteiger partial charge in [0.25, 0.3) is 10.2 Å².